The van der Waals surface area contributed by atoms with E-state index in [-0.39, 0.29) is 0 Å². The zero-order chi connectivity index (χ0) is 11.3. The van der Waals surface area contributed by atoms with E-state index in [4.69, 9.17) is 5.73 Å². The molecule has 0 amide bonds. The first-order valence-electron chi connectivity index (χ1n) is 5.38. The van der Waals surface area contributed by atoms with Crippen molar-refractivity contribution in [2.24, 2.45) is 5.73 Å². The molecule has 0 aromatic carbocycles. The summed E-state index contributed by atoms with van der Waals surface area (Å²) in [7, 11) is 0. The summed E-state index contributed by atoms with van der Waals surface area (Å²) >= 11 is 0. The van der Waals surface area contributed by atoms with Gasteiger partial charge in [0.15, 0.2) is 0 Å². The van der Waals surface area contributed by atoms with Gasteiger partial charge >= 0.3 is 0 Å². The van der Waals surface area contributed by atoms with E-state index < -0.39 is 5.60 Å². The molecule has 0 aliphatic heterocycles. The van der Waals surface area contributed by atoms with E-state index in [0.717, 1.165) is 18.8 Å². The van der Waals surface area contributed by atoms with Crippen LogP contribution in [0.4, 0.5) is 0 Å². The minimum absolute atomic E-state index is 0.481. The van der Waals surface area contributed by atoms with Gasteiger partial charge in [0.2, 0.25) is 0 Å². The fourth-order valence-electron chi connectivity index (χ4n) is 1.56. The van der Waals surface area contributed by atoms with Crippen LogP contribution in [-0.2, 0) is 13.0 Å². The van der Waals surface area contributed by atoms with Crippen LogP contribution in [0.1, 0.15) is 32.5 Å². The number of nitrogens with two attached hydrogens (primary N) is 1. The van der Waals surface area contributed by atoms with Gasteiger partial charge in [-0.1, -0.05) is 6.92 Å². The van der Waals surface area contributed by atoms with Crippen molar-refractivity contribution in [2.75, 3.05) is 6.54 Å². The highest BCUT2D eigenvalue weighted by Gasteiger charge is 2.22. The van der Waals surface area contributed by atoms with Gasteiger partial charge in [0.25, 0.3) is 0 Å². The van der Waals surface area contributed by atoms with Gasteiger partial charge in [-0.15, -0.1) is 0 Å². The second-order valence-electron chi connectivity index (χ2n) is 4.11. The lowest BCUT2D eigenvalue weighted by Crippen LogP contribution is -2.31. The van der Waals surface area contributed by atoms with Crippen molar-refractivity contribution in [1.29, 1.82) is 0 Å². The van der Waals surface area contributed by atoms with Crippen LogP contribution in [0.15, 0.2) is 6.33 Å². The van der Waals surface area contributed by atoms with Gasteiger partial charge < -0.3 is 10.8 Å². The second kappa shape index (κ2) is 5.23. The van der Waals surface area contributed by atoms with Gasteiger partial charge in [0.1, 0.15) is 12.2 Å². The molecule has 0 bridgehead atoms. The second-order valence-corrected chi connectivity index (χ2v) is 4.11. The lowest BCUT2D eigenvalue weighted by molar-refractivity contribution is 0.0507. The summed E-state index contributed by atoms with van der Waals surface area (Å²) in [6.45, 7) is 5.19. The lowest BCUT2D eigenvalue weighted by Gasteiger charge is -2.21. The van der Waals surface area contributed by atoms with E-state index in [9.17, 15) is 5.11 Å². The Hall–Kier alpha value is -0.940. The van der Waals surface area contributed by atoms with Crippen molar-refractivity contribution in [3.8, 4) is 0 Å². The number of aryl methyl sites for hydroxylation is 1. The number of aromatic nitrogens is 3. The van der Waals surface area contributed by atoms with Crippen LogP contribution in [0.25, 0.3) is 0 Å². The summed E-state index contributed by atoms with van der Waals surface area (Å²) in [6.07, 6.45) is 3.62. The summed E-state index contributed by atoms with van der Waals surface area (Å²) in [5, 5.41) is 14.1. The minimum Gasteiger partial charge on any atom is -0.390 e. The molecule has 0 saturated carbocycles. The van der Waals surface area contributed by atoms with Crippen LogP contribution in [0.5, 0.6) is 0 Å². The lowest BCUT2D eigenvalue weighted by atomic mass is 9.98. The highest BCUT2D eigenvalue weighted by Crippen LogP contribution is 2.14. The Morgan fingerprint density at radius 1 is 1.60 bits per heavy atom. The fourth-order valence-corrected chi connectivity index (χ4v) is 1.56. The average Bonchev–Trinajstić information content (AvgIpc) is 2.52. The molecule has 0 radical (unpaired) electrons. The molecular weight excluding hydrogens is 192 g/mol. The van der Waals surface area contributed by atoms with E-state index >= 15 is 0 Å². The van der Waals surface area contributed by atoms with Crippen molar-refractivity contribution < 1.29 is 5.11 Å². The predicted octanol–water partition coefficient (Wildman–Crippen LogP) is 0.330. The highest BCUT2D eigenvalue weighted by molar-refractivity contribution is 4.92. The quantitative estimate of drug-likeness (QED) is 0.712. The van der Waals surface area contributed by atoms with Gasteiger partial charge in [-0.25, -0.2) is 4.98 Å². The largest absolute Gasteiger partial charge is 0.390 e. The van der Waals surface area contributed by atoms with Crippen molar-refractivity contribution >= 4 is 0 Å². The van der Waals surface area contributed by atoms with Crippen molar-refractivity contribution in [3.05, 3.63) is 12.2 Å². The van der Waals surface area contributed by atoms with Crippen molar-refractivity contribution in [1.82, 2.24) is 14.8 Å². The number of hydrogen-bond acceptors (Lipinski definition) is 4. The van der Waals surface area contributed by atoms with Gasteiger partial charge in [0.05, 0.1) is 5.60 Å². The molecule has 1 rings (SSSR count). The zero-order valence-electron chi connectivity index (χ0n) is 9.48. The number of nitrogens with zero attached hydrogens (tertiary/aromatic N) is 3. The summed E-state index contributed by atoms with van der Waals surface area (Å²) in [5.74, 6) is 0.829. The SMILES string of the molecule is CCCn1ncnc1CC(C)(O)CCN. The number of rotatable bonds is 6. The number of hydrogen-bond donors (Lipinski definition) is 2. The molecule has 1 aromatic heterocycles. The van der Waals surface area contributed by atoms with Crippen LogP contribution in [0.3, 0.4) is 0 Å². The van der Waals surface area contributed by atoms with Crippen molar-refractivity contribution in [3.63, 3.8) is 0 Å². The first kappa shape index (κ1) is 12.1. The smallest absolute Gasteiger partial charge is 0.138 e. The molecule has 15 heavy (non-hydrogen) atoms. The highest BCUT2D eigenvalue weighted by atomic mass is 16.3. The van der Waals surface area contributed by atoms with Gasteiger partial charge in [-0.3, -0.25) is 4.68 Å². The Morgan fingerprint density at radius 3 is 2.93 bits per heavy atom. The fraction of sp³-hybridized carbons (Fsp3) is 0.800. The Labute approximate surface area is 90.3 Å². The van der Waals surface area contributed by atoms with Crippen LogP contribution >= 0.6 is 0 Å². The third-order valence-corrected chi connectivity index (χ3v) is 2.35. The molecule has 5 nitrogen and oxygen atoms in total. The predicted molar refractivity (Wildman–Crippen MR) is 58.3 cm³/mol. The first-order chi connectivity index (χ1) is 7.09. The Kier molecular flexibility index (Phi) is 4.23. The molecule has 1 aromatic rings. The molecule has 3 N–H and O–H groups in total. The summed E-state index contributed by atoms with van der Waals surface area (Å²) in [5.41, 5.74) is 4.65. The maximum Gasteiger partial charge on any atom is 0.138 e. The van der Waals surface area contributed by atoms with Crippen LogP contribution < -0.4 is 5.73 Å². The molecule has 1 unspecified atom stereocenters. The van der Waals surface area contributed by atoms with Crippen LogP contribution in [-0.4, -0.2) is 32.0 Å². The standard InChI is InChI=1S/C10H20N4O/c1-3-6-14-9(12-8-13-14)7-10(2,15)4-5-11/h8,15H,3-7,11H2,1-2H3. The van der Waals surface area contributed by atoms with Gasteiger partial charge in [-0.2, -0.15) is 5.10 Å². The molecule has 0 aliphatic carbocycles. The third kappa shape index (κ3) is 3.60. The normalized spacial score (nSPS) is 15.2. The topological polar surface area (TPSA) is 77.0 Å². The molecular formula is C10H20N4O. The molecule has 0 saturated heterocycles. The zero-order valence-corrected chi connectivity index (χ0v) is 9.48. The molecule has 0 fully saturated rings. The summed E-state index contributed by atoms with van der Waals surface area (Å²) in [6, 6.07) is 0. The maximum atomic E-state index is 10.0. The van der Waals surface area contributed by atoms with Crippen LogP contribution in [0, 0.1) is 0 Å². The Balaban J connectivity index is 2.66. The molecule has 5 heteroatoms. The Morgan fingerprint density at radius 2 is 2.33 bits per heavy atom. The molecule has 86 valence electrons. The summed E-state index contributed by atoms with van der Waals surface area (Å²) in [4.78, 5) is 4.15. The van der Waals surface area contributed by atoms with E-state index in [1.54, 1.807) is 6.92 Å². The first-order valence-corrected chi connectivity index (χ1v) is 5.38. The summed E-state index contributed by atoms with van der Waals surface area (Å²) < 4.78 is 1.84. The van der Waals surface area contributed by atoms with E-state index in [0.29, 0.717) is 19.4 Å². The van der Waals surface area contributed by atoms with Crippen molar-refractivity contribution in [2.45, 2.75) is 45.3 Å². The maximum absolute atomic E-state index is 10.0. The number of aliphatic hydroxyl groups is 1. The van der Waals surface area contributed by atoms with E-state index in [1.807, 2.05) is 4.68 Å². The monoisotopic (exact) mass is 212 g/mol. The molecule has 1 heterocycles. The average molecular weight is 212 g/mol. The van der Waals surface area contributed by atoms with Gasteiger partial charge in [0, 0.05) is 13.0 Å². The van der Waals surface area contributed by atoms with Gasteiger partial charge in [-0.05, 0) is 26.3 Å². The molecule has 0 spiro atoms. The third-order valence-electron chi connectivity index (χ3n) is 2.35. The van der Waals surface area contributed by atoms with E-state index in [1.165, 1.54) is 6.33 Å². The van der Waals surface area contributed by atoms with Crippen LogP contribution in [0.2, 0.25) is 0 Å². The van der Waals surface area contributed by atoms with E-state index in [2.05, 4.69) is 17.0 Å². The molecule has 1 atom stereocenters. The Bertz CT molecular complexity index is 295. The molecule has 0 aliphatic rings. The minimum atomic E-state index is -0.784.